The smallest absolute Gasteiger partial charge is 0.267 e. The lowest BCUT2D eigenvalue weighted by molar-refractivity contribution is -0.122. The minimum Gasteiger partial charge on any atom is -0.308 e. The summed E-state index contributed by atoms with van der Waals surface area (Å²) in [5.74, 6) is -0.263. The lowest BCUT2D eigenvalue weighted by atomic mass is 10.1. The molecule has 0 saturated carbocycles. The van der Waals surface area contributed by atoms with Crippen LogP contribution < -0.4 is 4.90 Å². The summed E-state index contributed by atoms with van der Waals surface area (Å²) in [4.78, 5) is 29.6. The maximum atomic E-state index is 13.0. The fraction of sp³-hybridized carbons (Fsp3) is 0.353. The number of anilines is 1. The molecule has 1 fully saturated rings. The van der Waals surface area contributed by atoms with Gasteiger partial charge in [-0.3, -0.25) is 14.5 Å². The van der Waals surface area contributed by atoms with Crippen molar-refractivity contribution in [2.45, 2.75) is 26.7 Å². The molecule has 0 radical (unpaired) electrons. The Morgan fingerprint density at radius 3 is 2.42 bits per heavy atom. The number of thioether (sulfide) groups is 1. The van der Waals surface area contributed by atoms with Crippen LogP contribution in [0, 0.1) is 0 Å². The fourth-order valence-corrected chi connectivity index (χ4v) is 4.68. The number of amides is 2. The number of thiocarbonyl (C=S) groups is 1. The normalized spacial score (nSPS) is 20.4. The predicted molar refractivity (Wildman–Crippen MR) is 106 cm³/mol. The molecule has 126 valence electrons. The highest BCUT2D eigenvalue weighted by atomic mass is 79.9. The second kappa shape index (κ2) is 6.98. The molecular formula is C17H17BrN2O2S2. The van der Waals surface area contributed by atoms with Gasteiger partial charge in [-0.15, -0.1) is 0 Å². The van der Waals surface area contributed by atoms with Crippen molar-refractivity contribution in [2.75, 3.05) is 18.0 Å². The van der Waals surface area contributed by atoms with E-state index < -0.39 is 0 Å². The number of halogens is 1. The summed E-state index contributed by atoms with van der Waals surface area (Å²) in [6.07, 6.45) is 1.68. The molecule has 1 aromatic rings. The standard InChI is InChI=1S/C17H17BrN2O2S2/c1-3-7-19-12-6-5-10(18)9-11(12)13(15(19)21)14-16(22)20(8-4-2)17(23)24-14/h5-6,9H,3-4,7-8H2,1-2H3/b14-13+. The van der Waals surface area contributed by atoms with Crippen molar-refractivity contribution in [3.63, 3.8) is 0 Å². The van der Waals surface area contributed by atoms with E-state index in [9.17, 15) is 9.59 Å². The molecule has 0 aromatic heterocycles. The van der Waals surface area contributed by atoms with E-state index in [4.69, 9.17) is 12.2 Å². The number of nitrogens with zero attached hydrogens (tertiary/aromatic N) is 2. The van der Waals surface area contributed by atoms with Gasteiger partial charge in [0.2, 0.25) is 0 Å². The van der Waals surface area contributed by atoms with Crippen LogP contribution in [0.15, 0.2) is 27.6 Å². The lowest BCUT2D eigenvalue weighted by Gasteiger charge is -2.15. The summed E-state index contributed by atoms with van der Waals surface area (Å²) in [6.45, 7) is 5.25. The molecule has 2 aliphatic heterocycles. The number of benzene rings is 1. The molecule has 0 atom stereocenters. The number of hydrogen-bond donors (Lipinski definition) is 0. The van der Waals surface area contributed by atoms with Gasteiger partial charge in [-0.25, -0.2) is 0 Å². The Morgan fingerprint density at radius 1 is 1.08 bits per heavy atom. The molecule has 0 aliphatic carbocycles. The Bertz CT molecular complexity index is 776. The van der Waals surface area contributed by atoms with Crippen LogP contribution in [0.25, 0.3) is 5.57 Å². The van der Waals surface area contributed by atoms with Crippen molar-refractivity contribution in [3.8, 4) is 0 Å². The first-order valence-corrected chi connectivity index (χ1v) is 9.91. The average molecular weight is 425 g/mol. The summed E-state index contributed by atoms with van der Waals surface area (Å²) < 4.78 is 1.41. The fourth-order valence-electron chi connectivity index (χ4n) is 2.93. The molecule has 0 spiro atoms. The third-order valence-electron chi connectivity index (χ3n) is 3.95. The lowest BCUT2D eigenvalue weighted by Crippen LogP contribution is -2.30. The summed E-state index contributed by atoms with van der Waals surface area (Å²) in [5.41, 5.74) is 2.15. The van der Waals surface area contributed by atoms with E-state index in [0.29, 0.717) is 27.9 Å². The molecule has 2 aliphatic rings. The maximum Gasteiger partial charge on any atom is 0.267 e. The molecule has 4 nitrogen and oxygen atoms in total. The molecule has 1 saturated heterocycles. The van der Waals surface area contributed by atoms with E-state index in [1.165, 1.54) is 11.8 Å². The van der Waals surface area contributed by atoms with Crippen LogP contribution in [-0.4, -0.2) is 34.1 Å². The topological polar surface area (TPSA) is 40.6 Å². The third kappa shape index (κ3) is 2.82. The molecule has 0 bridgehead atoms. The first-order valence-electron chi connectivity index (χ1n) is 7.89. The van der Waals surface area contributed by atoms with Crippen molar-refractivity contribution in [1.29, 1.82) is 0 Å². The first kappa shape index (κ1) is 17.6. The highest BCUT2D eigenvalue weighted by molar-refractivity contribution is 9.10. The average Bonchev–Trinajstić information content (AvgIpc) is 2.96. The van der Waals surface area contributed by atoms with E-state index in [1.807, 2.05) is 32.0 Å². The number of fused-ring (bicyclic) bond motifs is 1. The molecule has 1 aromatic carbocycles. The molecule has 0 unspecified atom stereocenters. The van der Waals surface area contributed by atoms with Gasteiger partial charge in [0.25, 0.3) is 11.8 Å². The van der Waals surface area contributed by atoms with Crippen LogP contribution in [0.3, 0.4) is 0 Å². The highest BCUT2D eigenvalue weighted by Crippen LogP contribution is 2.45. The quantitative estimate of drug-likeness (QED) is 0.536. The minimum atomic E-state index is -0.153. The van der Waals surface area contributed by atoms with E-state index in [2.05, 4.69) is 15.9 Å². The Morgan fingerprint density at radius 2 is 1.75 bits per heavy atom. The number of carbonyl (C=O) groups is 2. The predicted octanol–water partition coefficient (Wildman–Crippen LogP) is 4.19. The van der Waals surface area contributed by atoms with Crippen molar-refractivity contribution < 1.29 is 9.59 Å². The van der Waals surface area contributed by atoms with Gasteiger partial charge in [0.05, 0.1) is 16.2 Å². The summed E-state index contributed by atoms with van der Waals surface area (Å²) >= 11 is 10.0. The molecule has 2 heterocycles. The van der Waals surface area contributed by atoms with Crippen LogP contribution >= 0.6 is 39.9 Å². The van der Waals surface area contributed by atoms with Gasteiger partial charge in [-0.05, 0) is 31.0 Å². The van der Waals surface area contributed by atoms with Crippen molar-refractivity contribution >= 4 is 67.3 Å². The van der Waals surface area contributed by atoms with E-state index in [-0.39, 0.29) is 11.8 Å². The second-order valence-electron chi connectivity index (χ2n) is 5.65. The monoisotopic (exact) mass is 424 g/mol. The van der Waals surface area contributed by atoms with Crippen molar-refractivity contribution in [1.82, 2.24) is 4.90 Å². The van der Waals surface area contributed by atoms with Crippen LogP contribution in [0.2, 0.25) is 0 Å². The van der Waals surface area contributed by atoms with Gasteiger partial charge in [-0.2, -0.15) is 0 Å². The number of carbonyl (C=O) groups excluding carboxylic acids is 2. The Hall–Kier alpha value is -1.18. The zero-order valence-corrected chi connectivity index (χ0v) is 16.7. The Labute approximate surface area is 159 Å². The van der Waals surface area contributed by atoms with Gasteiger partial charge < -0.3 is 4.90 Å². The Kier molecular flexibility index (Phi) is 5.13. The van der Waals surface area contributed by atoms with Gasteiger partial charge in [0.1, 0.15) is 4.32 Å². The van der Waals surface area contributed by atoms with Crippen LogP contribution in [0.5, 0.6) is 0 Å². The molecular weight excluding hydrogens is 408 g/mol. The molecule has 24 heavy (non-hydrogen) atoms. The second-order valence-corrected chi connectivity index (χ2v) is 8.21. The van der Waals surface area contributed by atoms with Crippen LogP contribution in [0.4, 0.5) is 5.69 Å². The first-order chi connectivity index (χ1) is 11.5. The summed E-state index contributed by atoms with van der Waals surface area (Å²) in [7, 11) is 0. The van der Waals surface area contributed by atoms with Gasteiger partial charge in [0, 0.05) is 23.1 Å². The van der Waals surface area contributed by atoms with Gasteiger partial charge >= 0.3 is 0 Å². The van der Waals surface area contributed by atoms with Gasteiger partial charge in [-0.1, -0.05) is 53.8 Å². The highest BCUT2D eigenvalue weighted by Gasteiger charge is 2.41. The number of rotatable bonds is 4. The van der Waals surface area contributed by atoms with E-state index >= 15 is 0 Å². The Balaban J connectivity index is 2.15. The van der Waals surface area contributed by atoms with E-state index in [0.717, 1.165) is 28.6 Å². The van der Waals surface area contributed by atoms with Crippen molar-refractivity contribution in [3.05, 3.63) is 33.1 Å². The minimum absolute atomic E-state index is 0.109. The summed E-state index contributed by atoms with van der Waals surface area (Å²) in [5, 5.41) is 0. The van der Waals surface area contributed by atoms with Crippen molar-refractivity contribution in [2.24, 2.45) is 0 Å². The largest absolute Gasteiger partial charge is 0.308 e. The third-order valence-corrected chi connectivity index (χ3v) is 5.89. The molecule has 3 rings (SSSR count). The maximum absolute atomic E-state index is 13.0. The SMILES string of the molecule is CCCN1C(=O)/C(=C2\C(=O)N(CCC)c3ccc(Br)cc32)SC1=S. The summed E-state index contributed by atoms with van der Waals surface area (Å²) in [6, 6.07) is 5.75. The molecule has 7 heteroatoms. The van der Waals surface area contributed by atoms with Crippen LogP contribution in [0.1, 0.15) is 32.3 Å². The van der Waals surface area contributed by atoms with E-state index in [1.54, 1.807) is 9.80 Å². The number of hydrogen-bond acceptors (Lipinski definition) is 4. The zero-order valence-electron chi connectivity index (χ0n) is 13.5. The molecule has 0 N–H and O–H groups in total. The zero-order chi connectivity index (χ0) is 17.4. The van der Waals surface area contributed by atoms with Gasteiger partial charge in [0.15, 0.2) is 0 Å². The molecule has 2 amide bonds. The van der Waals surface area contributed by atoms with Crippen LogP contribution in [-0.2, 0) is 9.59 Å².